The number of aliphatic hydroxyl groups is 1. The molecule has 1 saturated carbocycles. The molecule has 0 aliphatic heterocycles. The summed E-state index contributed by atoms with van der Waals surface area (Å²) in [6.07, 6.45) is 2.44. The van der Waals surface area contributed by atoms with Crippen LogP contribution in [0.2, 0.25) is 0 Å². The summed E-state index contributed by atoms with van der Waals surface area (Å²) in [4.78, 5) is 0. The highest BCUT2D eigenvalue weighted by atomic mass is 19.1. The number of hydrogen-bond donors (Lipinski definition) is 2. The van der Waals surface area contributed by atoms with Gasteiger partial charge in [0.25, 0.3) is 0 Å². The van der Waals surface area contributed by atoms with Crippen molar-refractivity contribution in [1.29, 1.82) is 0 Å². The van der Waals surface area contributed by atoms with E-state index >= 15 is 0 Å². The van der Waals surface area contributed by atoms with Gasteiger partial charge in [-0.1, -0.05) is 0 Å². The largest absolute Gasteiger partial charge is 0.494 e. The molecule has 16 heavy (non-hydrogen) atoms. The monoisotopic (exact) mass is 225 g/mol. The molecule has 0 bridgehead atoms. The van der Waals surface area contributed by atoms with Gasteiger partial charge in [0, 0.05) is 6.07 Å². The molecule has 1 aromatic rings. The number of benzene rings is 1. The number of rotatable bonds is 3. The number of nitrogens with one attached hydrogen (secondary N) is 1. The molecule has 2 atom stereocenters. The van der Waals surface area contributed by atoms with E-state index in [-0.39, 0.29) is 18.0 Å². The van der Waals surface area contributed by atoms with Gasteiger partial charge in [-0.3, -0.25) is 0 Å². The van der Waals surface area contributed by atoms with Crippen molar-refractivity contribution in [3.63, 3.8) is 0 Å². The summed E-state index contributed by atoms with van der Waals surface area (Å²) in [5.41, 5.74) is 0.731. The second-order valence-corrected chi connectivity index (χ2v) is 4.09. The number of anilines is 1. The van der Waals surface area contributed by atoms with E-state index < -0.39 is 0 Å². The third kappa shape index (κ3) is 2.27. The Morgan fingerprint density at radius 3 is 2.88 bits per heavy atom. The van der Waals surface area contributed by atoms with Crippen molar-refractivity contribution in [3.05, 3.63) is 24.0 Å². The lowest BCUT2D eigenvalue weighted by atomic mass is 10.2. The summed E-state index contributed by atoms with van der Waals surface area (Å²) in [5.74, 6) is 0.147. The summed E-state index contributed by atoms with van der Waals surface area (Å²) in [6.45, 7) is 0. The van der Waals surface area contributed by atoms with E-state index in [1.165, 1.54) is 19.2 Å². The molecule has 1 aliphatic carbocycles. The van der Waals surface area contributed by atoms with Gasteiger partial charge in [-0.25, -0.2) is 4.39 Å². The van der Waals surface area contributed by atoms with E-state index in [2.05, 4.69) is 5.32 Å². The van der Waals surface area contributed by atoms with Crippen LogP contribution in [-0.4, -0.2) is 24.4 Å². The third-order valence-corrected chi connectivity index (χ3v) is 2.98. The molecule has 2 rings (SSSR count). The summed E-state index contributed by atoms with van der Waals surface area (Å²) >= 11 is 0. The fourth-order valence-electron chi connectivity index (χ4n) is 2.09. The zero-order valence-electron chi connectivity index (χ0n) is 9.24. The molecular weight excluding hydrogens is 209 g/mol. The van der Waals surface area contributed by atoms with E-state index in [9.17, 15) is 9.50 Å². The maximum atomic E-state index is 13.0. The number of methoxy groups -OCH3 is 1. The van der Waals surface area contributed by atoms with Crippen LogP contribution in [0.4, 0.5) is 10.1 Å². The SMILES string of the molecule is COc1cc(F)ccc1NC1CCCC1O. The zero-order chi connectivity index (χ0) is 11.5. The Labute approximate surface area is 94.2 Å². The molecule has 2 unspecified atom stereocenters. The van der Waals surface area contributed by atoms with Crippen LogP contribution < -0.4 is 10.1 Å². The van der Waals surface area contributed by atoms with E-state index in [0.717, 1.165) is 24.9 Å². The molecule has 2 N–H and O–H groups in total. The van der Waals surface area contributed by atoms with Gasteiger partial charge in [-0.15, -0.1) is 0 Å². The first-order valence-electron chi connectivity index (χ1n) is 5.49. The second-order valence-electron chi connectivity index (χ2n) is 4.09. The van der Waals surface area contributed by atoms with Crippen molar-refractivity contribution in [2.75, 3.05) is 12.4 Å². The Hall–Kier alpha value is -1.29. The van der Waals surface area contributed by atoms with Gasteiger partial charge in [0.15, 0.2) is 0 Å². The van der Waals surface area contributed by atoms with Crippen LogP contribution in [-0.2, 0) is 0 Å². The van der Waals surface area contributed by atoms with Gasteiger partial charge in [0.2, 0.25) is 0 Å². The molecule has 4 heteroatoms. The normalized spacial score (nSPS) is 24.4. The maximum Gasteiger partial charge on any atom is 0.144 e. The van der Waals surface area contributed by atoms with Crippen LogP contribution in [0.1, 0.15) is 19.3 Å². The predicted octanol–water partition coefficient (Wildman–Crippen LogP) is 2.16. The number of halogens is 1. The van der Waals surface area contributed by atoms with Gasteiger partial charge in [0.05, 0.1) is 24.9 Å². The fraction of sp³-hybridized carbons (Fsp3) is 0.500. The second kappa shape index (κ2) is 4.70. The molecule has 0 amide bonds. The average molecular weight is 225 g/mol. The van der Waals surface area contributed by atoms with E-state index in [1.54, 1.807) is 6.07 Å². The summed E-state index contributed by atoms with van der Waals surface area (Å²) in [6, 6.07) is 4.40. The van der Waals surface area contributed by atoms with E-state index in [4.69, 9.17) is 4.74 Å². The first-order chi connectivity index (χ1) is 7.70. The minimum Gasteiger partial charge on any atom is -0.494 e. The highest BCUT2D eigenvalue weighted by molar-refractivity contribution is 5.57. The molecule has 0 heterocycles. The zero-order valence-corrected chi connectivity index (χ0v) is 9.24. The number of aliphatic hydroxyl groups excluding tert-OH is 1. The first kappa shape index (κ1) is 11.2. The van der Waals surface area contributed by atoms with E-state index in [0.29, 0.717) is 5.75 Å². The molecule has 88 valence electrons. The fourth-order valence-corrected chi connectivity index (χ4v) is 2.09. The molecule has 0 spiro atoms. The molecule has 1 aliphatic rings. The van der Waals surface area contributed by atoms with Crippen LogP contribution in [0.15, 0.2) is 18.2 Å². The van der Waals surface area contributed by atoms with Gasteiger partial charge >= 0.3 is 0 Å². The lowest BCUT2D eigenvalue weighted by Crippen LogP contribution is -2.28. The molecular formula is C12H16FNO2. The smallest absolute Gasteiger partial charge is 0.144 e. The highest BCUT2D eigenvalue weighted by Crippen LogP contribution is 2.29. The number of ether oxygens (including phenoxy) is 1. The van der Waals surface area contributed by atoms with Crippen molar-refractivity contribution in [2.24, 2.45) is 0 Å². The van der Waals surface area contributed by atoms with Crippen LogP contribution in [0, 0.1) is 5.82 Å². The Morgan fingerprint density at radius 2 is 2.25 bits per heavy atom. The Kier molecular flexibility index (Phi) is 3.29. The van der Waals surface area contributed by atoms with Crippen molar-refractivity contribution in [2.45, 2.75) is 31.4 Å². The van der Waals surface area contributed by atoms with E-state index in [1.807, 2.05) is 0 Å². The molecule has 3 nitrogen and oxygen atoms in total. The lowest BCUT2D eigenvalue weighted by molar-refractivity contribution is 0.171. The Morgan fingerprint density at radius 1 is 1.44 bits per heavy atom. The van der Waals surface area contributed by atoms with Gasteiger partial charge in [-0.05, 0) is 31.4 Å². The van der Waals surface area contributed by atoms with Crippen LogP contribution in [0.3, 0.4) is 0 Å². The standard InChI is InChI=1S/C12H16FNO2/c1-16-12-7-8(13)5-6-10(12)14-9-3-2-4-11(9)15/h5-7,9,11,14-15H,2-4H2,1H3. The highest BCUT2D eigenvalue weighted by Gasteiger charge is 2.25. The molecule has 0 aromatic heterocycles. The summed E-state index contributed by atoms with van der Waals surface area (Å²) in [7, 11) is 1.50. The summed E-state index contributed by atoms with van der Waals surface area (Å²) in [5, 5.41) is 12.9. The molecule has 1 aromatic carbocycles. The van der Waals surface area contributed by atoms with Gasteiger partial charge < -0.3 is 15.2 Å². The quantitative estimate of drug-likeness (QED) is 0.828. The minimum atomic E-state index is -0.325. The molecule has 1 fully saturated rings. The molecule has 0 saturated heterocycles. The van der Waals surface area contributed by atoms with Crippen LogP contribution in [0.25, 0.3) is 0 Å². The predicted molar refractivity (Wildman–Crippen MR) is 60.2 cm³/mol. The van der Waals surface area contributed by atoms with Crippen molar-refractivity contribution in [3.8, 4) is 5.75 Å². The minimum absolute atomic E-state index is 0.0411. The van der Waals surface area contributed by atoms with Crippen LogP contribution >= 0.6 is 0 Å². The topological polar surface area (TPSA) is 41.5 Å². The van der Waals surface area contributed by atoms with Gasteiger partial charge in [0.1, 0.15) is 11.6 Å². The Bertz CT molecular complexity index is 370. The number of hydrogen-bond acceptors (Lipinski definition) is 3. The molecule has 0 radical (unpaired) electrons. The average Bonchev–Trinajstić information content (AvgIpc) is 2.67. The van der Waals surface area contributed by atoms with Crippen LogP contribution in [0.5, 0.6) is 5.75 Å². The van der Waals surface area contributed by atoms with Crippen molar-refractivity contribution < 1.29 is 14.2 Å². The maximum absolute atomic E-state index is 13.0. The summed E-state index contributed by atoms with van der Waals surface area (Å²) < 4.78 is 18.1. The van der Waals surface area contributed by atoms with Crippen molar-refractivity contribution >= 4 is 5.69 Å². The third-order valence-electron chi connectivity index (χ3n) is 2.98. The Balaban J connectivity index is 2.14. The first-order valence-corrected chi connectivity index (χ1v) is 5.49. The van der Waals surface area contributed by atoms with Crippen molar-refractivity contribution in [1.82, 2.24) is 0 Å². The van der Waals surface area contributed by atoms with Gasteiger partial charge in [-0.2, -0.15) is 0 Å². The lowest BCUT2D eigenvalue weighted by Gasteiger charge is -2.19.